The van der Waals surface area contributed by atoms with Crippen LogP contribution in [0.5, 0.6) is 0 Å². The average molecular weight is 518 g/mol. The number of pyridine rings is 3. The summed E-state index contributed by atoms with van der Waals surface area (Å²) < 4.78 is 2.06. The number of carboxylic acid groups (broad SMARTS) is 1. The molecule has 0 spiro atoms. The zero-order valence-electron chi connectivity index (χ0n) is 21.8. The lowest BCUT2D eigenvalue weighted by molar-refractivity contribution is -0.111. The number of nitrogens with zero attached hydrogens (tertiary/aromatic N) is 4. The fourth-order valence-electron chi connectivity index (χ4n) is 5.00. The highest BCUT2D eigenvalue weighted by Crippen LogP contribution is 2.39. The number of carbonyl (C=O) groups is 2. The van der Waals surface area contributed by atoms with Gasteiger partial charge in [-0.2, -0.15) is 0 Å². The number of ketones is 1. The maximum Gasteiger partial charge on any atom is 0.335 e. The molecule has 0 unspecified atom stereocenters. The van der Waals surface area contributed by atoms with Crippen LogP contribution in [0.2, 0.25) is 0 Å². The second kappa shape index (κ2) is 9.98. The van der Waals surface area contributed by atoms with Crippen molar-refractivity contribution in [3.63, 3.8) is 0 Å². The molecular weight excluding hydrogens is 490 g/mol. The van der Waals surface area contributed by atoms with Crippen molar-refractivity contribution in [1.82, 2.24) is 19.5 Å². The molecule has 0 atom stereocenters. The predicted octanol–water partition coefficient (Wildman–Crippen LogP) is 5.28. The summed E-state index contributed by atoms with van der Waals surface area (Å²) in [6, 6.07) is 20.1. The SMILES string of the molecule is CC(=O)C(=C(C)N)c1cnc2c(-c3ccc(C(=O)O)cc3)cn(C(C)(c3ccccn3)c3ccccn3)c2c1. The number of Topliss-reactive ketones (excluding diaryl/α,β-unsaturated/α-hetero) is 1. The Labute approximate surface area is 225 Å². The van der Waals surface area contributed by atoms with Crippen molar-refractivity contribution in [2.24, 2.45) is 5.73 Å². The van der Waals surface area contributed by atoms with E-state index in [-0.39, 0.29) is 11.3 Å². The van der Waals surface area contributed by atoms with Crippen molar-refractivity contribution in [3.8, 4) is 11.1 Å². The summed E-state index contributed by atoms with van der Waals surface area (Å²) >= 11 is 0. The van der Waals surface area contributed by atoms with E-state index in [1.165, 1.54) is 6.92 Å². The molecule has 0 saturated heterocycles. The molecule has 8 heteroatoms. The first-order valence-corrected chi connectivity index (χ1v) is 12.4. The van der Waals surface area contributed by atoms with Crippen molar-refractivity contribution < 1.29 is 14.7 Å². The topological polar surface area (TPSA) is 124 Å². The maximum atomic E-state index is 12.5. The Hall–Kier alpha value is -5.11. The molecule has 8 nitrogen and oxygen atoms in total. The minimum absolute atomic E-state index is 0.157. The van der Waals surface area contributed by atoms with Gasteiger partial charge in [-0.05, 0) is 68.8 Å². The van der Waals surface area contributed by atoms with Gasteiger partial charge < -0.3 is 15.4 Å². The van der Waals surface area contributed by atoms with Gasteiger partial charge in [0.25, 0.3) is 0 Å². The molecule has 0 aliphatic heterocycles. The van der Waals surface area contributed by atoms with Crippen LogP contribution in [0.25, 0.3) is 27.7 Å². The molecule has 194 valence electrons. The zero-order chi connectivity index (χ0) is 27.7. The van der Waals surface area contributed by atoms with Crippen LogP contribution in [-0.4, -0.2) is 36.4 Å². The molecule has 0 amide bonds. The van der Waals surface area contributed by atoms with Gasteiger partial charge in [0, 0.05) is 47.2 Å². The second-order valence-electron chi connectivity index (χ2n) is 9.50. The number of carboxylic acids is 1. The van der Waals surface area contributed by atoms with E-state index in [9.17, 15) is 14.7 Å². The van der Waals surface area contributed by atoms with Gasteiger partial charge in [-0.1, -0.05) is 24.3 Å². The molecular formula is C31H27N5O3. The van der Waals surface area contributed by atoms with Gasteiger partial charge in [0.15, 0.2) is 5.78 Å². The van der Waals surface area contributed by atoms with Gasteiger partial charge in [-0.3, -0.25) is 19.7 Å². The fourth-order valence-corrected chi connectivity index (χ4v) is 5.00. The van der Waals surface area contributed by atoms with Gasteiger partial charge >= 0.3 is 5.97 Å². The lowest BCUT2D eigenvalue weighted by Gasteiger charge is -2.31. The standard InChI is InChI=1S/C31H27N5O3/c1-19(32)28(20(2)37)23-16-25-29(35-17-23)24(21-10-12-22(13-11-21)30(38)39)18-36(25)31(3,26-8-4-6-14-33-26)27-9-5-7-15-34-27/h4-18H,32H2,1-3H3,(H,38,39). The quantitative estimate of drug-likeness (QED) is 0.281. The van der Waals surface area contributed by atoms with E-state index < -0.39 is 11.5 Å². The number of aromatic nitrogens is 4. The predicted molar refractivity (Wildman–Crippen MR) is 150 cm³/mol. The fraction of sp³-hybridized carbons (Fsp3) is 0.129. The van der Waals surface area contributed by atoms with E-state index in [0.717, 1.165) is 28.0 Å². The molecule has 0 aliphatic rings. The Morgan fingerprint density at radius 3 is 1.97 bits per heavy atom. The highest BCUT2D eigenvalue weighted by Gasteiger charge is 2.36. The van der Waals surface area contributed by atoms with Crippen molar-refractivity contribution in [1.29, 1.82) is 0 Å². The van der Waals surface area contributed by atoms with Gasteiger partial charge in [-0.15, -0.1) is 0 Å². The number of allylic oxidation sites excluding steroid dienone is 2. The van der Waals surface area contributed by atoms with Crippen LogP contribution in [0, 0.1) is 0 Å². The van der Waals surface area contributed by atoms with Crippen LogP contribution in [0.1, 0.15) is 48.1 Å². The molecule has 3 N–H and O–H groups in total. The van der Waals surface area contributed by atoms with Crippen LogP contribution in [0.3, 0.4) is 0 Å². The van der Waals surface area contributed by atoms with Gasteiger partial charge in [0.05, 0.1) is 28.0 Å². The van der Waals surface area contributed by atoms with Crippen molar-refractivity contribution in [3.05, 3.63) is 120 Å². The third kappa shape index (κ3) is 4.46. The average Bonchev–Trinajstić information content (AvgIpc) is 3.32. The van der Waals surface area contributed by atoms with E-state index in [1.54, 1.807) is 49.8 Å². The molecule has 5 aromatic rings. The summed E-state index contributed by atoms with van der Waals surface area (Å²) in [6.45, 7) is 5.22. The first-order valence-electron chi connectivity index (χ1n) is 12.4. The smallest absolute Gasteiger partial charge is 0.335 e. The number of hydrogen-bond acceptors (Lipinski definition) is 6. The number of hydrogen-bond donors (Lipinski definition) is 2. The summed E-state index contributed by atoms with van der Waals surface area (Å²) in [7, 11) is 0. The molecule has 39 heavy (non-hydrogen) atoms. The largest absolute Gasteiger partial charge is 0.478 e. The summed E-state index contributed by atoms with van der Waals surface area (Å²) in [4.78, 5) is 38.2. The van der Waals surface area contributed by atoms with Crippen molar-refractivity contribution in [2.75, 3.05) is 0 Å². The lowest BCUT2D eigenvalue weighted by atomic mass is 9.91. The number of benzene rings is 1. The lowest BCUT2D eigenvalue weighted by Crippen LogP contribution is -2.34. The van der Waals surface area contributed by atoms with Gasteiger partial charge in [-0.25, -0.2) is 4.79 Å². The summed E-state index contributed by atoms with van der Waals surface area (Å²) in [5.74, 6) is -1.15. The van der Waals surface area contributed by atoms with Crippen molar-refractivity contribution in [2.45, 2.75) is 26.3 Å². The van der Waals surface area contributed by atoms with E-state index in [4.69, 9.17) is 20.7 Å². The Balaban J connectivity index is 1.87. The molecule has 4 aromatic heterocycles. The summed E-state index contributed by atoms with van der Waals surface area (Å²) in [5, 5.41) is 9.38. The molecule has 0 fully saturated rings. The normalized spacial score (nSPS) is 12.3. The van der Waals surface area contributed by atoms with Crippen LogP contribution < -0.4 is 5.73 Å². The monoisotopic (exact) mass is 517 g/mol. The first-order chi connectivity index (χ1) is 18.7. The van der Waals surface area contributed by atoms with Crippen LogP contribution in [0.15, 0.2) is 97.2 Å². The minimum Gasteiger partial charge on any atom is -0.478 e. The van der Waals surface area contributed by atoms with Crippen LogP contribution in [-0.2, 0) is 10.3 Å². The number of fused-ring (bicyclic) bond motifs is 1. The molecule has 0 bridgehead atoms. The number of aromatic carboxylic acids is 1. The third-order valence-corrected chi connectivity index (χ3v) is 6.93. The summed E-state index contributed by atoms with van der Waals surface area (Å²) in [6.07, 6.45) is 7.11. The highest BCUT2D eigenvalue weighted by atomic mass is 16.4. The van der Waals surface area contributed by atoms with E-state index in [2.05, 4.69) is 4.57 Å². The number of nitrogens with two attached hydrogens (primary N) is 1. The van der Waals surface area contributed by atoms with Crippen LogP contribution in [0.4, 0.5) is 0 Å². The number of rotatable bonds is 7. The molecule has 0 aliphatic carbocycles. The Morgan fingerprint density at radius 2 is 1.49 bits per heavy atom. The molecule has 0 radical (unpaired) electrons. The second-order valence-corrected chi connectivity index (χ2v) is 9.50. The van der Waals surface area contributed by atoms with E-state index in [0.29, 0.717) is 22.4 Å². The van der Waals surface area contributed by atoms with Crippen molar-refractivity contribution >= 4 is 28.4 Å². The first kappa shape index (κ1) is 25.5. The van der Waals surface area contributed by atoms with Crippen LogP contribution >= 0.6 is 0 Å². The Morgan fingerprint density at radius 1 is 0.872 bits per heavy atom. The molecule has 0 saturated carbocycles. The third-order valence-electron chi connectivity index (χ3n) is 6.93. The number of carbonyl (C=O) groups excluding carboxylic acids is 1. The van der Waals surface area contributed by atoms with Gasteiger partial charge in [0.1, 0.15) is 5.54 Å². The Bertz CT molecular complexity index is 1680. The molecule has 1 aromatic carbocycles. The Kier molecular flexibility index (Phi) is 6.54. The maximum absolute atomic E-state index is 12.5. The minimum atomic E-state index is -0.995. The van der Waals surface area contributed by atoms with Gasteiger partial charge in [0.2, 0.25) is 0 Å². The molecule has 4 heterocycles. The summed E-state index contributed by atoms with van der Waals surface area (Å²) in [5.41, 5.74) is 11.4. The zero-order valence-corrected chi connectivity index (χ0v) is 21.8. The highest BCUT2D eigenvalue weighted by molar-refractivity contribution is 6.20. The molecule has 5 rings (SSSR count). The van der Waals surface area contributed by atoms with E-state index >= 15 is 0 Å². The van der Waals surface area contributed by atoms with E-state index in [1.807, 2.05) is 55.6 Å².